The number of nitriles is 1. The molecule has 0 saturated carbocycles. The van der Waals surface area contributed by atoms with Gasteiger partial charge in [-0.1, -0.05) is 18.2 Å². The van der Waals surface area contributed by atoms with E-state index in [9.17, 15) is 4.79 Å². The van der Waals surface area contributed by atoms with Gasteiger partial charge < -0.3 is 14.2 Å². The molecule has 1 aliphatic heterocycles. The van der Waals surface area contributed by atoms with Crippen molar-refractivity contribution in [3.8, 4) is 23.3 Å². The molecular weight excluding hydrogens is 306 g/mol. The molecule has 2 aromatic carbocycles. The second-order valence-corrected chi connectivity index (χ2v) is 5.09. The van der Waals surface area contributed by atoms with E-state index >= 15 is 0 Å². The van der Waals surface area contributed by atoms with E-state index in [1.54, 1.807) is 24.3 Å². The van der Waals surface area contributed by atoms with E-state index in [2.05, 4.69) is 0 Å². The van der Waals surface area contributed by atoms with E-state index in [1.807, 2.05) is 37.3 Å². The number of hydrogen-bond acceptors (Lipinski definition) is 5. The third-order valence-electron chi connectivity index (χ3n) is 3.47. The number of nitrogens with zero attached hydrogens (tertiary/aromatic N) is 1. The molecule has 2 aromatic rings. The Kier molecular flexibility index (Phi) is 4.48. The predicted molar refractivity (Wildman–Crippen MR) is 87.9 cm³/mol. The maximum atomic E-state index is 12.4. The van der Waals surface area contributed by atoms with Crippen LogP contribution in [0.3, 0.4) is 0 Å². The lowest BCUT2D eigenvalue weighted by atomic mass is 10.1. The molecule has 0 N–H and O–H groups in total. The first-order chi connectivity index (χ1) is 11.7. The monoisotopic (exact) mass is 321 g/mol. The highest BCUT2D eigenvalue weighted by Crippen LogP contribution is 2.30. The van der Waals surface area contributed by atoms with Crippen LogP contribution in [0.1, 0.15) is 18.1 Å². The summed E-state index contributed by atoms with van der Waals surface area (Å²) in [6.45, 7) is 2.37. The molecule has 0 unspecified atom stereocenters. The quantitative estimate of drug-likeness (QED) is 0.638. The molecule has 0 saturated heterocycles. The van der Waals surface area contributed by atoms with Crippen LogP contribution in [0.15, 0.2) is 48.0 Å². The van der Waals surface area contributed by atoms with Crippen molar-refractivity contribution in [2.24, 2.45) is 0 Å². The van der Waals surface area contributed by atoms with Crippen molar-refractivity contribution < 1.29 is 19.0 Å². The van der Waals surface area contributed by atoms with Gasteiger partial charge in [-0.2, -0.15) is 5.26 Å². The van der Waals surface area contributed by atoms with Gasteiger partial charge in [-0.3, -0.25) is 0 Å². The molecule has 120 valence electrons. The third kappa shape index (κ3) is 3.23. The van der Waals surface area contributed by atoms with Gasteiger partial charge in [0.25, 0.3) is 0 Å². The fraction of sp³-hybridized carbons (Fsp3) is 0.158. The zero-order valence-corrected chi connectivity index (χ0v) is 13.1. The van der Waals surface area contributed by atoms with Crippen LogP contribution in [0, 0.1) is 11.3 Å². The summed E-state index contributed by atoms with van der Waals surface area (Å²) >= 11 is 0. The van der Waals surface area contributed by atoms with Crippen molar-refractivity contribution in [1.82, 2.24) is 0 Å². The number of carbonyl (C=O) groups excluding carboxylic acids is 1. The topological polar surface area (TPSA) is 68.5 Å². The molecule has 0 fully saturated rings. The lowest BCUT2D eigenvalue weighted by Gasteiger charge is -2.17. The normalized spacial score (nSPS) is 12.2. The van der Waals surface area contributed by atoms with Crippen LogP contribution in [-0.2, 0) is 4.79 Å². The predicted octanol–water partition coefficient (Wildman–Crippen LogP) is 3.34. The minimum atomic E-state index is -0.504. The Morgan fingerprint density at radius 2 is 2.08 bits per heavy atom. The first-order valence-corrected chi connectivity index (χ1v) is 7.52. The van der Waals surface area contributed by atoms with Gasteiger partial charge in [0.05, 0.1) is 23.8 Å². The summed E-state index contributed by atoms with van der Waals surface area (Å²) in [7, 11) is 0. The molecule has 24 heavy (non-hydrogen) atoms. The molecule has 0 atom stereocenters. The van der Waals surface area contributed by atoms with Crippen LogP contribution in [0.25, 0.3) is 6.08 Å². The molecule has 0 aromatic heterocycles. The van der Waals surface area contributed by atoms with E-state index in [-0.39, 0.29) is 12.4 Å². The molecule has 5 heteroatoms. The molecular formula is C19H15NO4. The average molecular weight is 321 g/mol. The molecule has 1 heterocycles. The van der Waals surface area contributed by atoms with E-state index in [0.29, 0.717) is 23.5 Å². The Labute approximate surface area is 139 Å². The highest BCUT2D eigenvalue weighted by molar-refractivity contribution is 5.96. The second-order valence-electron chi connectivity index (χ2n) is 5.09. The number of para-hydroxylation sites is 1. The SMILES string of the molecule is CCOc1cc(C#N)ccc1OC(=O)C1=Cc2ccccc2OC1. The maximum absolute atomic E-state index is 12.4. The minimum absolute atomic E-state index is 0.149. The van der Waals surface area contributed by atoms with Crippen LogP contribution < -0.4 is 14.2 Å². The Morgan fingerprint density at radius 3 is 2.88 bits per heavy atom. The summed E-state index contributed by atoms with van der Waals surface area (Å²) in [5, 5.41) is 8.96. The highest BCUT2D eigenvalue weighted by atomic mass is 16.6. The standard InChI is InChI=1S/C19H15NO4/c1-2-22-18-9-13(11-20)7-8-17(18)24-19(21)15-10-14-5-3-4-6-16(14)23-12-15/h3-10H,2,12H2,1H3. The highest BCUT2D eigenvalue weighted by Gasteiger charge is 2.20. The Hall–Kier alpha value is -3.26. The summed E-state index contributed by atoms with van der Waals surface area (Å²) in [5.74, 6) is 0.876. The minimum Gasteiger partial charge on any atom is -0.490 e. The molecule has 3 rings (SSSR count). The molecule has 5 nitrogen and oxygen atoms in total. The Balaban J connectivity index is 1.83. The molecule has 0 bridgehead atoms. The van der Waals surface area contributed by atoms with Crippen molar-refractivity contribution in [3.63, 3.8) is 0 Å². The first kappa shape index (κ1) is 15.6. The van der Waals surface area contributed by atoms with E-state index in [4.69, 9.17) is 19.5 Å². The molecule has 0 spiro atoms. The van der Waals surface area contributed by atoms with Crippen molar-refractivity contribution in [2.45, 2.75) is 6.92 Å². The van der Waals surface area contributed by atoms with Crippen LogP contribution >= 0.6 is 0 Å². The zero-order chi connectivity index (χ0) is 16.9. The fourth-order valence-corrected chi connectivity index (χ4v) is 2.33. The number of rotatable bonds is 4. The summed E-state index contributed by atoms with van der Waals surface area (Å²) in [4.78, 5) is 12.4. The second kappa shape index (κ2) is 6.88. The summed E-state index contributed by atoms with van der Waals surface area (Å²) < 4.78 is 16.4. The van der Waals surface area contributed by atoms with Gasteiger partial charge in [-0.15, -0.1) is 0 Å². The van der Waals surface area contributed by atoms with Gasteiger partial charge in [-0.25, -0.2) is 4.79 Å². The van der Waals surface area contributed by atoms with Gasteiger partial charge in [0.15, 0.2) is 11.5 Å². The van der Waals surface area contributed by atoms with Gasteiger partial charge in [-0.05, 0) is 31.2 Å². The van der Waals surface area contributed by atoms with Crippen molar-refractivity contribution in [1.29, 1.82) is 5.26 Å². The van der Waals surface area contributed by atoms with Gasteiger partial charge in [0.2, 0.25) is 0 Å². The van der Waals surface area contributed by atoms with Crippen LogP contribution in [0.4, 0.5) is 0 Å². The molecule has 0 aliphatic carbocycles. The lowest BCUT2D eigenvalue weighted by molar-refractivity contribution is -0.130. The van der Waals surface area contributed by atoms with E-state index in [1.165, 1.54) is 0 Å². The Morgan fingerprint density at radius 1 is 1.25 bits per heavy atom. The largest absolute Gasteiger partial charge is 0.490 e. The Bertz CT molecular complexity index is 849. The van der Waals surface area contributed by atoms with Crippen molar-refractivity contribution in [2.75, 3.05) is 13.2 Å². The number of hydrogen-bond donors (Lipinski definition) is 0. The zero-order valence-electron chi connectivity index (χ0n) is 13.1. The average Bonchev–Trinajstić information content (AvgIpc) is 2.62. The van der Waals surface area contributed by atoms with Gasteiger partial charge in [0.1, 0.15) is 12.4 Å². The number of benzene rings is 2. The smallest absolute Gasteiger partial charge is 0.343 e. The summed E-state index contributed by atoms with van der Waals surface area (Å²) in [5.41, 5.74) is 1.69. The summed E-state index contributed by atoms with van der Waals surface area (Å²) in [6.07, 6.45) is 1.76. The van der Waals surface area contributed by atoms with Crippen LogP contribution in [0.2, 0.25) is 0 Å². The van der Waals surface area contributed by atoms with Crippen molar-refractivity contribution in [3.05, 3.63) is 59.2 Å². The number of fused-ring (bicyclic) bond motifs is 1. The van der Waals surface area contributed by atoms with Crippen LogP contribution in [-0.4, -0.2) is 19.2 Å². The lowest BCUT2D eigenvalue weighted by Crippen LogP contribution is -2.19. The third-order valence-corrected chi connectivity index (χ3v) is 3.47. The van der Waals surface area contributed by atoms with Crippen molar-refractivity contribution >= 4 is 12.0 Å². The number of ether oxygens (including phenoxy) is 3. The van der Waals surface area contributed by atoms with Gasteiger partial charge in [0, 0.05) is 11.6 Å². The van der Waals surface area contributed by atoms with Crippen LogP contribution in [0.5, 0.6) is 17.2 Å². The maximum Gasteiger partial charge on any atom is 0.343 e. The van der Waals surface area contributed by atoms with E-state index in [0.717, 1.165) is 11.3 Å². The summed E-state index contributed by atoms with van der Waals surface area (Å²) in [6, 6.07) is 14.2. The first-order valence-electron chi connectivity index (χ1n) is 7.52. The number of carbonyl (C=O) groups is 1. The van der Waals surface area contributed by atoms with Gasteiger partial charge >= 0.3 is 5.97 Å². The van der Waals surface area contributed by atoms with E-state index < -0.39 is 5.97 Å². The fourth-order valence-electron chi connectivity index (χ4n) is 2.33. The number of esters is 1. The molecule has 0 radical (unpaired) electrons. The molecule has 0 amide bonds. The molecule has 1 aliphatic rings.